The van der Waals surface area contributed by atoms with Crippen LogP contribution in [0.25, 0.3) is 5.69 Å². The highest BCUT2D eigenvalue weighted by Gasteiger charge is 2.25. The van der Waals surface area contributed by atoms with Crippen molar-refractivity contribution in [2.75, 3.05) is 6.54 Å². The number of halogens is 1. The van der Waals surface area contributed by atoms with Gasteiger partial charge in [-0.05, 0) is 42.2 Å². The van der Waals surface area contributed by atoms with Crippen molar-refractivity contribution in [3.8, 4) is 5.69 Å². The Morgan fingerprint density at radius 1 is 1.07 bits per heavy atom. The minimum Gasteiger partial charge on any atom is -0.354 e. The van der Waals surface area contributed by atoms with Gasteiger partial charge < -0.3 is 10.6 Å². The van der Waals surface area contributed by atoms with Crippen LogP contribution in [0.3, 0.4) is 0 Å². The van der Waals surface area contributed by atoms with Crippen LogP contribution in [0.4, 0.5) is 4.39 Å². The van der Waals surface area contributed by atoms with Gasteiger partial charge in [-0.1, -0.05) is 44.2 Å². The average Bonchev–Trinajstić information content (AvgIpc) is 3.21. The van der Waals surface area contributed by atoms with Gasteiger partial charge in [0.05, 0.1) is 17.4 Å². The van der Waals surface area contributed by atoms with Crippen molar-refractivity contribution in [2.24, 2.45) is 5.92 Å². The molecule has 0 bridgehead atoms. The first-order valence-corrected chi connectivity index (χ1v) is 9.88. The van der Waals surface area contributed by atoms with Gasteiger partial charge in [0.1, 0.15) is 11.9 Å². The SMILES string of the molecule is CC(C)C(NC(=O)c1ccccc1F)C(=O)NCCc1cnn(-c2ccccc2)c1. The second-order valence-electron chi connectivity index (χ2n) is 7.34. The molecule has 1 aromatic heterocycles. The molecule has 0 aliphatic rings. The van der Waals surface area contributed by atoms with E-state index in [2.05, 4.69) is 15.7 Å². The summed E-state index contributed by atoms with van der Waals surface area (Å²) in [6, 6.07) is 14.7. The summed E-state index contributed by atoms with van der Waals surface area (Å²) < 4.78 is 15.6. The highest BCUT2D eigenvalue weighted by atomic mass is 19.1. The van der Waals surface area contributed by atoms with E-state index in [4.69, 9.17) is 0 Å². The van der Waals surface area contributed by atoms with Gasteiger partial charge in [-0.2, -0.15) is 5.10 Å². The number of amides is 2. The van der Waals surface area contributed by atoms with Crippen LogP contribution in [-0.4, -0.2) is 34.2 Å². The van der Waals surface area contributed by atoms with E-state index in [1.54, 1.807) is 16.9 Å². The van der Waals surface area contributed by atoms with Crippen LogP contribution in [0.5, 0.6) is 0 Å². The molecule has 0 aliphatic carbocycles. The molecule has 7 heteroatoms. The van der Waals surface area contributed by atoms with Crippen LogP contribution in [-0.2, 0) is 11.2 Å². The molecular weight excluding hydrogens is 383 g/mol. The van der Waals surface area contributed by atoms with Crippen LogP contribution >= 0.6 is 0 Å². The summed E-state index contributed by atoms with van der Waals surface area (Å²) in [6.07, 6.45) is 4.28. The normalized spacial score (nSPS) is 11.9. The molecule has 1 heterocycles. The van der Waals surface area contributed by atoms with Crippen molar-refractivity contribution in [1.82, 2.24) is 20.4 Å². The first kappa shape index (κ1) is 21.2. The highest BCUT2D eigenvalue weighted by molar-refractivity contribution is 5.97. The van der Waals surface area contributed by atoms with Gasteiger partial charge in [0, 0.05) is 12.7 Å². The molecule has 0 aliphatic heterocycles. The summed E-state index contributed by atoms with van der Waals surface area (Å²) in [5, 5.41) is 9.83. The molecule has 2 aromatic carbocycles. The largest absolute Gasteiger partial charge is 0.354 e. The molecule has 0 spiro atoms. The quantitative estimate of drug-likeness (QED) is 0.601. The lowest BCUT2D eigenvalue weighted by atomic mass is 10.0. The van der Waals surface area contributed by atoms with Crippen molar-refractivity contribution in [3.63, 3.8) is 0 Å². The smallest absolute Gasteiger partial charge is 0.254 e. The molecule has 0 saturated carbocycles. The van der Waals surface area contributed by atoms with Crippen molar-refractivity contribution in [3.05, 3.63) is 83.9 Å². The van der Waals surface area contributed by atoms with E-state index in [1.807, 2.05) is 50.4 Å². The van der Waals surface area contributed by atoms with Crippen molar-refractivity contribution < 1.29 is 14.0 Å². The van der Waals surface area contributed by atoms with Gasteiger partial charge in [-0.25, -0.2) is 9.07 Å². The Labute approximate surface area is 175 Å². The first-order chi connectivity index (χ1) is 14.5. The fraction of sp³-hybridized carbons (Fsp3) is 0.261. The summed E-state index contributed by atoms with van der Waals surface area (Å²) >= 11 is 0. The molecule has 0 radical (unpaired) electrons. The molecule has 3 aromatic rings. The van der Waals surface area contributed by atoms with E-state index < -0.39 is 17.8 Å². The second-order valence-corrected chi connectivity index (χ2v) is 7.34. The van der Waals surface area contributed by atoms with Crippen LogP contribution in [0, 0.1) is 11.7 Å². The Hall–Kier alpha value is -3.48. The van der Waals surface area contributed by atoms with E-state index in [1.165, 1.54) is 18.2 Å². The Morgan fingerprint density at radius 2 is 1.77 bits per heavy atom. The number of hydrogen-bond donors (Lipinski definition) is 2. The summed E-state index contributed by atoms with van der Waals surface area (Å²) in [5.74, 6) is -1.67. The highest BCUT2D eigenvalue weighted by Crippen LogP contribution is 2.10. The molecule has 30 heavy (non-hydrogen) atoms. The van der Waals surface area contributed by atoms with Crippen molar-refractivity contribution in [2.45, 2.75) is 26.3 Å². The molecule has 1 atom stereocenters. The lowest BCUT2D eigenvalue weighted by molar-refractivity contribution is -0.123. The van der Waals surface area contributed by atoms with Crippen LogP contribution < -0.4 is 10.6 Å². The van der Waals surface area contributed by atoms with Gasteiger partial charge >= 0.3 is 0 Å². The fourth-order valence-corrected chi connectivity index (χ4v) is 3.05. The van der Waals surface area contributed by atoms with Gasteiger partial charge in [0.2, 0.25) is 5.91 Å². The number of nitrogens with one attached hydrogen (secondary N) is 2. The zero-order valence-corrected chi connectivity index (χ0v) is 17.0. The molecule has 0 fully saturated rings. The maximum Gasteiger partial charge on any atom is 0.254 e. The topological polar surface area (TPSA) is 76.0 Å². The molecule has 3 rings (SSSR count). The number of nitrogens with zero attached hydrogens (tertiary/aromatic N) is 2. The summed E-state index contributed by atoms with van der Waals surface area (Å²) in [4.78, 5) is 25.0. The number of benzene rings is 2. The minimum absolute atomic E-state index is 0.0794. The third kappa shape index (κ3) is 5.31. The number of rotatable bonds is 8. The molecule has 2 N–H and O–H groups in total. The lowest BCUT2D eigenvalue weighted by Crippen LogP contribution is -2.50. The Kier molecular flexibility index (Phi) is 6.95. The monoisotopic (exact) mass is 408 g/mol. The number of hydrogen-bond acceptors (Lipinski definition) is 3. The molecule has 6 nitrogen and oxygen atoms in total. The number of aromatic nitrogens is 2. The Morgan fingerprint density at radius 3 is 2.47 bits per heavy atom. The van der Waals surface area contributed by atoms with Gasteiger partial charge in [0.15, 0.2) is 0 Å². The van der Waals surface area contributed by atoms with E-state index in [0.29, 0.717) is 13.0 Å². The summed E-state index contributed by atoms with van der Waals surface area (Å²) in [6.45, 7) is 4.06. The Bertz CT molecular complexity index is 1000. The molecular formula is C23H25FN4O2. The van der Waals surface area contributed by atoms with E-state index in [-0.39, 0.29) is 17.4 Å². The van der Waals surface area contributed by atoms with E-state index in [0.717, 1.165) is 11.3 Å². The third-order valence-electron chi connectivity index (χ3n) is 4.72. The molecule has 0 saturated heterocycles. The summed E-state index contributed by atoms with van der Waals surface area (Å²) in [7, 11) is 0. The van der Waals surface area contributed by atoms with Gasteiger partial charge in [0.25, 0.3) is 5.91 Å². The average molecular weight is 408 g/mol. The number of para-hydroxylation sites is 1. The first-order valence-electron chi connectivity index (χ1n) is 9.88. The predicted octanol–water partition coefficient (Wildman–Crippen LogP) is 3.12. The molecule has 156 valence electrons. The van der Waals surface area contributed by atoms with Crippen molar-refractivity contribution >= 4 is 11.8 Å². The van der Waals surface area contributed by atoms with Crippen molar-refractivity contribution in [1.29, 1.82) is 0 Å². The maximum atomic E-state index is 13.8. The zero-order valence-electron chi connectivity index (χ0n) is 17.0. The third-order valence-corrected chi connectivity index (χ3v) is 4.72. The van der Waals surface area contributed by atoms with E-state index >= 15 is 0 Å². The number of carbonyl (C=O) groups excluding carboxylic acids is 2. The fourth-order valence-electron chi connectivity index (χ4n) is 3.05. The standard InChI is InChI=1S/C23H25FN4O2/c1-16(2)21(27-22(29)19-10-6-7-11-20(19)24)23(30)25-13-12-17-14-26-28(15-17)18-8-4-3-5-9-18/h3-11,14-16,21H,12-13H2,1-2H3,(H,25,30)(H,27,29). The molecule has 1 unspecified atom stereocenters. The van der Waals surface area contributed by atoms with Crippen LogP contribution in [0.15, 0.2) is 67.0 Å². The van der Waals surface area contributed by atoms with E-state index in [9.17, 15) is 14.0 Å². The van der Waals surface area contributed by atoms with Crippen LogP contribution in [0.1, 0.15) is 29.8 Å². The minimum atomic E-state index is -0.760. The Balaban J connectivity index is 1.55. The lowest BCUT2D eigenvalue weighted by Gasteiger charge is -2.21. The second kappa shape index (κ2) is 9.82. The zero-order chi connectivity index (χ0) is 21.5. The summed E-state index contributed by atoms with van der Waals surface area (Å²) in [5.41, 5.74) is 1.86. The van der Waals surface area contributed by atoms with Gasteiger partial charge in [-0.3, -0.25) is 9.59 Å². The van der Waals surface area contributed by atoms with Gasteiger partial charge in [-0.15, -0.1) is 0 Å². The van der Waals surface area contributed by atoms with Crippen LogP contribution in [0.2, 0.25) is 0 Å². The number of carbonyl (C=O) groups is 2. The predicted molar refractivity (Wildman–Crippen MR) is 113 cm³/mol. The molecule has 2 amide bonds. The maximum absolute atomic E-state index is 13.8.